The van der Waals surface area contributed by atoms with Gasteiger partial charge in [0.05, 0.1) is 6.54 Å². The van der Waals surface area contributed by atoms with Crippen LogP contribution in [0.15, 0.2) is 24.7 Å². The fourth-order valence-electron chi connectivity index (χ4n) is 3.42. The monoisotopic (exact) mass is 338 g/mol. The van der Waals surface area contributed by atoms with Gasteiger partial charge in [-0.3, -0.25) is 0 Å². The third-order valence-electron chi connectivity index (χ3n) is 4.67. The summed E-state index contributed by atoms with van der Waals surface area (Å²) in [6, 6.07) is 3.96. The van der Waals surface area contributed by atoms with Crippen molar-refractivity contribution in [3.05, 3.63) is 41.5 Å². The van der Waals surface area contributed by atoms with Crippen molar-refractivity contribution in [3.8, 4) is 5.88 Å². The van der Waals surface area contributed by atoms with Crippen LogP contribution in [-0.2, 0) is 6.42 Å². The van der Waals surface area contributed by atoms with Crippen LogP contribution in [-0.4, -0.2) is 43.8 Å². The molecule has 25 heavy (non-hydrogen) atoms. The number of anilines is 1. The molecule has 0 amide bonds. The van der Waals surface area contributed by atoms with Gasteiger partial charge in [0.15, 0.2) is 0 Å². The third kappa shape index (κ3) is 2.90. The molecule has 0 saturated carbocycles. The lowest BCUT2D eigenvalue weighted by atomic mass is 10.1. The summed E-state index contributed by atoms with van der Waals surface area (Å²) in [5, 5.41) is 4.38. The first-order valence-corrected chi connectivity index (χ1v) is 8.69. The van der Waals surface area contributed by atoms with E-state index in [-0.39, 0.29) is 6.10 Å². The zero-order valence-electron chi connectivity index (χ0n) is 14.8. The number of hydrogen-bond donors (Lipinski definition) is 0. The summed E-state index contributed by atoms with van der Waals surface area (Å²) in [4.78, 5) is 15.5. The fraction of sp³-hybridized carbons (Fsp3) is 0.444. The number of ether oxygens (including phenoxy) is 1. The highest BCUT2D eigenvalue weighted by Crippen LogP contribution is 2.28. The molecule has 0 radical (unpaired) electrons. The Bertz CT molecular complexity index is 888. The molecule has 0 N–H and O–H groups in total. The van der Waals surface area contributed by atoms with E-state index in [0.29, 0.717) is 11.7 Å². The number of rotatable bonds is 4. The number of hydrogen-bond acceptors (Lipinski definition) is 6. The Morgan fingerprint density at radius 3 is 2.88 bits per heavy atom. The Kier molecular flexibility index (Phi) is 3.99. The molecule has 1 aliphatic heterocycles. The predicted octanol–water partition coefficient (Wildman–Crippen LogP) is 2.36. The molecule has 3 aromatic rings. The van der Waals surface area contributed by atoms with Crippen LogP contribution in [0.3, 0.4) is 0 Å². The Balaban J connectivity index is 1.60. The van der Waals surface area contributed by atoms with Crippen molar-refractivity contribution in [1.29, 1.82) is 0 Å². The molecule has 7 heteroatoms. The minimum atomic E-state index is 0.118. The molecule has 1 saturated heterocycles. The molecular weight excluding hydrogens is 316 g/mol. The maximum atomic E-state index is 6.07. The number of fused-ring (bicyclic) bond motifs is 1. The lowest BCUT2D eigenvalue weighted by molar-refractivity contribution is 0.215. The molecule has 1 fully saturated rings. The van der Waals surface area contributed by atoms with Gasteiger partial charge >= 0.3 is 0 Å². The van der Waals surface area contributed by atoms with Crippen LogP contribution in [0.1, 0.15) is 30.2 Å². The zero-order valence-corrected chi connectivity index (χ0v) is 14.8. The second kappa shape index (κ2) is 6.31. The van der Waals surface area contributed by atoms with Crippen LogP contribution in [0.4, 0.5) is 5.82 Å². The molecular formula is C18H22N6O. The zero-order chi connectivity index (χ0) is 17.4. The van der Waals surface area contributed by atoms with Crippen molar-refractivity contribution in [3.63, 3.8) is 0 Å². The normalized spacial score (nSPS) is 17.4. The van der Waals surface area contributed by atoms with Crippen molar-refractivity contribution in [1.82, 2.24) is 24.6 Å². The molecule has 4 heterocycles. The summed E-state index contributed by atoms with van der Waals surface area (Å²) in [5.41, 5.74) is 3.36. The molecule has 0 bridgehead atoms. The van der Waals surface area contributed by atoms with E-state index in [0.717, 1.165) is 43.0 Å². The van der Waals surface area contributed by atoms with Crippen LogP contribution in [0.2, 0.25) is 0 Å². The van der Waals surface area contributed by atoms with Gasteiger partial charge in [0.2, 0.25) is 5.88 Å². The van der Waals surface area contributed by atoms with Crippen LogP contribution >= 0.6 is 0 Å². The fourth-order valence-corrected chi connectivity index (χ4v) is 3.42. The van der Waals surface area contributed by atoms with Gasteiger partial charge in [-0.1, -0.05) is 13.0 Å². The number of nitrogens with zero attached hydrogens (tertiary/aromatic N) is 6. The molecule has 0 aromatic carbocycles. The molecule has 1 unspecified atom stereocenters. The number of aromatic nitrogens is 5. The van der Waals surface area contributed by atoms with Gasteiger partial charge in [-0.2, -0.15) is 14.6 Å². The lowest BCUT2D eigenvalue weighted by Crippen LogP contribution is -2.28. The van der Waals surface area contributed by atoms with Crippen LogP contribution in [0, 0.1) is 13.8 Å². The summed E-state index contributed by atoms with van der Waals surface area (Å²) in [5.74, 6) is 2.42. The van der Waals surface area contributed by atoms with E-state index in [2.05, 4.69) is 31.9 Å². The minimum Gasteiger partial charge on any atom is -0.472 e. The van der Waals surface area contributed by atoms with Gasteiger partial charge in [0.25, 0.3) is 5.78 Å². The number of pyridine rings is 1. The average molecular weight is 338 g/mol. The summed E-state index contributed by atoms with van der Waals surface area (Å²) >= 11 is 0. The molecule has 7 nitrogen and oxygen atoms in total. The third-order valence-corrected chi connectivity index (χ3v) is 4.67. The maximum absolute atomic E-state index is 6.07. The highest BCUT2D eigenvalue weighted by atomic mass is 16.5. The first-order valence-electron chi connectivity index (χ1n) is 8.69. The topological polar surface area (TPSA) is 68.4 Å². The Morgan fingerprint density at radius 2 is 2.12 bits per heavy atom. The Labute approximate surface area is 146 Å². The van der Waals surface area contributed by atoms with Crippen LogP contribution in [0.5, 0.6) is 5.88 Å². The molecule has 130 valence electrons. The molecule has 4 rings (SSSR count). The van der Waals surface area contributed by atoms with Gasteiger partial charge in [0, 0.05) is 36.5 Å². The SMILES string of the molecule is CCc1c(C)nc2ncnn2c1N1CCC(Oc2ccc(C)cn2)C1. The standard InChI is InChI=1S/C18H22N6O/c1-4-15-13(3)22-18-20-11-21-24(18)17(15)23-8-7-14(10-23)25-16-6-5-12(2)9-19-16/h5-6,9,11,14H,4,7-8,10H2,1-3H3. The summed E-state index contributed by atoms with van der Waals surface area (Å²) in [6.07, 6.45) is 5.38. The molecule has 0 spiro atoms. The maximum Gasteiger partial charge on any atom is 0.254 e. The molecule has 1 aliphatic rings. The average Bonchev–Trinajstić information content (AvgIpc) is 3.25. The quantitative estimate of drug-likeness (QED) is 0.727. The summed E-state index contributed by atoms with van der Waals surface area (Å²) < 4.78 is 7.91. The first-order chi connectivity index (χ1) is 12.2. The van der Waals surface area contributed by atoms with Crippen molar-refractivity contribution in [2.75, 3.05) is 18.0 Å². The minimum absolute atomic E-state index is 0.118. The van der Waals surface area contributed by atoms with E-state index >= 15 is 0 Å². The van der Waals surface area contributed by atoms with Crippen molar-refractivity contribution in [2.24, 2.45) is 0 Å². The van der Waals surface area contributed by atoms with E-state index in [1.54, 1.807) is 6.33 Å². The van der Waals surface area contributed by atoms with Gasteiger partial charge in [-0.25, -0.2) is 9.97 Å². The first kappa shape index (κ1) is 15.8. The second-order valence-corrected chi connectivity index (χ2v) is 6.47. The Morgan fingerprint density at radius 1 is 1.24 bits per heavy atom. The van der Waals surface area contributed by atoms with Gasteiger partial charge in [-0.15, -0.1) is 0 Å². The van der Waals surface area contributed by atoms with E-state index in [1.807, 2.05) is 36.7 Å². The van der Waals surface area contributed by atoms with E-state index in [1.165, 1.54) is 5.56 Å². The van der Waals surface area contributed by atoms with Crippen molar-refractivity contribution < 1.29 is 4.74 Å². The smallest absolute Gasteiger partial charge is 0.254 e. The van der Waals surface area contributed by atoms with E-state index in [4.69, 9.17) is 4.74 Å². The highest BCUT2D eigenvalue weighted by molar-refractivity contribution is 5.55. The predicted molar refractivity (Wildman–Crippen MR) is 95.1 cm³/mol. The van der Waals surface area contributed by atoms with Crippen LogP contribution in [0.25, 0.3) is 5.78 Å². The highest BCUT2D eigenvalue weighted by Gasteiger charge is 2.28. The van der Waals surface area contributed by atoms with Gasteiger partial charge in [-0.05, 0) is 25.8 Å². The molecule has 0 aliphatic carbocycles. The van der Waals surface area contributed by atoms with Crippen molar-refractivity contribution in [2.45, 2.75) is 39.7 Å². The summed E-state index contributed by atoms with van der Waals surface area (Å²) in [7, 11) is 0. The molecule has 3 aromatic heterocycles. The number of aryl methyl sites for hydroxylation is 2. The van der Waals surface area contributed by atoms with Crippen LogP contribution < -0.4 is 9.64 Å². The second-order valence-electron chi connectivity index (χ2n) is 6.47. The molecule has 1 atom stereocenters. The van der Waals surface area contributed by atoms with Crippen molar-refractivity contribution >= 4 is 11.6 Å². The van der Waals surface area contributed by atoms with Gasteiger partial charge in [0.1, 0.15) is 18.2 Å². The van der Waals surface area contributed by atoms with E-state index in [9.17, 15) is 0 Å². The lowest BCUT2D eigenvalue weighted by Gasteiger charge is -2.23. The van der Waals surface area contributed by atoms with Gasteiger partial charge < -0.3 is 9.64 Å². The van der Waals surface area contributed by atoms with E-state index < -0.39 is 0 Å². The largest absolute Gasteiger partial charge is 0.472 e. The Hall–Kier alpha value is -2.70. The summed E-state index contributed by atoms with van der Waals surface area (Å²) in [6.45, 7) is 7.94.